The number of carbonyl (C=O) groups excluding carboxylic acids is 4. The molecule has 0 aliphatic carbocycles. The molecule has 0 saturated carbocycles. The third-order valence-corrected chi connectivity index (χ3v) is 15.4. The second-order valence-corrected chi connectivity index (χ2v) is 22.2. The summed E-state index contributed by atoms with van der Waals surface area (Å²) in [4.78, 5) is 71.7. The van der Waals surface area contributed by atoms with Gasteiger partial charge >= 0.3 is 15.6 Å². The van der Waals surface area contributed by atoms with Crippen molar-refractivity contribution in [3.63, 3.8) is 0 Å². The van der Waals surface area contributed by atoms with Crippen molar-refractivity contribution < 1.29 is 139 Å². The Morgan fingerprint density at radius 3 is 1.51 bits per heavy atom. The second-order valence-electron chi connectivity index (χ2n) is 19.3. The predicted octanol–water partition coefficient (Wildman–Crippen LogP) is -3.96. The summed E-state index contributed by atoms with van der Waals surface area (Å²) in [5, 5.41) is 78.6. The zero-order valence-electron chi connectivity index (χ0n) is 47.2. The Labute approximate surface area is 475 Å². The number of amides is 4. The van der Waals surface area contributed by atoms with Crippen LogP contribution in [0.3, 0.4) is 0 Å². The van der Waals surface area contributed by atoms with Crippen molar-refractivity contribution >= 4 is 39.3 Å². The Morgan fingerprint density at radius 2 is 1.10 bits per heavy atom. The molecule has 0 aromatic rings. The maximum atomic E-state index is 13.6. The maximum absolute atomic E-state index is 13.6. The Hall–Kier alpha value is -2.58. The number of carbonyl (C=O) groups is 4. The van der Waals surface area contributed by atoms with Crippen LogP contribution >= 0.6 is 15.6 Å². The van der Waals surface area contributed by atoms with Crippen LogP contribution in [0.2, 0.25) is 0 Å². The summed E-state index contributed by atoms with van der Waals surface area (Å²) >= 11 is 0. The van der Waals surface area contributed by atoms with E-state index in [1.165, 1.54) is 13.8 Å². The van der Waals surface area contributed by atoms with Crippen molar-refractivity contribution in [3.05, 3.63) is 0 Å². The number of nitrogens with one attached hydrogen (secondary N) is 3. The number of phosphoric acid groups is 2. The van der Waals surface area contributed by atoms with Crippen LogP contribution in [0.25, 0.3) is 0 Å². The molecule has 4 amide bonds. The smallest absolute Gasteiger partial charge is 0.394 e. The molecule has 82 heavy (non-hydrogen) atoms. The van der Waals surface area contributed by atoms with Gasteiger partial charge in [-0.3, -0.25) is 37.3 Å². The maximum Gasteiger partial charge on any atom is 0.472 e. The van der Waals surface area contributed by atoms with Gasteiger partial charge < -0.3 is 114 Å². The van der Waals surface area contributed by atoms with Crippen LogP contribution in [0.5, 0.6) is 0 Å². The first kappa shape index (κ1) is 73.7. The molecule has 0 radical (unpaired) electrons. The molecule has 33 nitrogen and oxygen atoms in total. The highest BCUT2D eigenvalue weighted by Crippen LogP contribution is 2.52. The first-order chi connectivity index (χ1) is 38.8. The number of hydrogen-bond acceptors (Lipinski definition) is 27. The highest BCUT2D eigenvalue weighted by atomic mass is 31.2. The average molecular weight is 1240 g/mol. The Morgan fingerprint density at radius 1 is 0.659 bits per heavy atom. The Kier molecular flexibility index (Phi) is 33.4. The lowest BCUT2D eigenvalue weighted by atomic mass is 9.87. The van der Waals surface area contributed by atoms with Crippen LogP contribution in [0.15, 0.2) is 0 Å². The van der Waals surface area contributed by atoms with E-state index >= 15 is 0 Å². The molecule has 3 saturated heterocycles. The summed E-state index contributed by atoms with van der Waals surface area (Å²) in [6.07, 6.45) is -10.4. The third-order valence-electron chi connectivity index (χ3n) is 13.4. The molecule has 12 N–H and O–H groups in total. The first-order valence-corrected chi connectivity index (χ1v) is 29.9. The molecular formula is C47H88N4O29P2. The quantitative estimate of drug-likeness (QED) is 0.0205. The number of hydrogen-bond donors (Lipinski definition) is 12. The van der Waals surface area contributed by atoms with E-state index < -0.39 is 164 Å². The van der Waals surface area contributed by atoms with Gasteiger partial charge in [-0.15, -0.1) is 0 Å². The van der Waals surface area contributed by atoms with E-state index in [-0.39, 0.29) is 111 Å². The number of phosphoric ester groups is 2. The lowest BCUT2D eigenvalue weighted by Gasteiger charge is -2.54. The lowest BCUT2D eigenvalue weighted by Crippen LogP contribution is -2.69. The molecule has 35 heteroatoms. The largest absolute Gasteiger partial charge is 0.472 e. The molecule has 3 rings (SSSR count). The zero-order chi connectivity index (χ0) is 61.1. The van der Waals surface area contributed by atoms with E-state index in [9.17, 15) is 73.8 Å². The van der Waals surface area contributed by atoms with Crippen molar-refractivity contribution in [1.29, 1.82) is 0 Å². The highest BCUT2D eigenvalue weighted by Gasteiger charge is 2.53. The summed E-state index contributed by atoms with van der Waals surface area (Å²) in [6.45, 7) is 4.61. The van der Waals surface area contributed by atoms with E-state index in [2.05, 4.69) is 20.5 Å². The van der Waals surface area contributed by atoms with Gasteiger partial charge in [0.15, 0.2) is 12.6 Å². The van der Waals surface area contributed by atoms with Crippen LogP contribution in [0.4, 0.5) is 0 Å². The van der Waals surface area contributed by atoms with Gasteiger partial charge in [0.25, 0.3) is 5.91 Å². The first-order valence-electron chi connectivity index (χ1n) is 26.9. The molecule has 480 valence electrons. The molecule has 15 atom stereocenters. The van der Waals surface area contributed by atoms with Crippen LogP contribution in [0.1, 0.15) is 66.7 Å². The molecule has 3 aliphatic rings. The monoisotopic (exact) mass is 1230 g/mol. The zero-order valence-corrected chi connectivity index (χ0v) is 49.0. The molecule has 0 aromatic carbocycles. The van der Waals surface area contributed by atoms with Gasteiger partial charge in [0.05, 0.1) is 123 Å². The topological polar surface area (TPSA) is 453 Å². The van der Waals surface area contributed by atoms with Crippen molar-refractivity contribution in [1.82, 2.24) is 20.9 Å². The Bertz CT molecular complexity index is 1990. The van der Waals surface area contributed by atoms with Gasteiger partial charge in [-0.05, 0) is 25.7 Å². The van der Waals surface area contributed by atoms with Gasteiger partial charge in [-0.1, -0.05) is 20.8 Å². The van der Waals surface area contributed by atoms with Crippen LogP contribution in [-0.4, -0.2) is 285 Å². The fourth-order valence-corrected chi connectivity index (χ4v) is 10.6. The second kappa shape index (κ2) is 37.2. The normalized spacial score (nSPS) is 28.6. The van der Waals surface area contributed by atoms with Crippen molar-refractivity contribution in [2.24, 2.45) is 0 Å². The van der Waals surface area contributed by atoms with Gasteiger partial charge in [0, 0.05) is 27.4 Å². The number of ether oxygens (including phenoxy) is 10. The number of nitrogens with zero attached hydrogens (tertiary/aromatic N) is 1. The number of rotatable bonds is 43. The molecular weight excluding hydrogens is 1150 g/mol. The van der Waals surface area contributed by atoms with Crippen LogP contribution in [0, 0.1) is 0 Å². The summed E-state index contributed by atoms with van der Waals surface area (Å²) in [5.41, 5.74) is -3.10. The van der Waals surface area contributed by atoms with Crippen LogP contribution in [-0.2, 0) is 93.8 Å². The minimum Gasteiger partial charge on any atom is -0.394 e. The summed E-state index contributed by atoms with van der Waals surface area (Å²) < 4.78 is 101. The van der Waals surface area contributed by atoms with E-state index in [4.69, 9.17) is 60.9 Å². The summed E-state index contributed by atoms with van der Waals surface area (Å²) in [5.74, 6) is -2.33. The van der Waals surface area contributed by atoms with Crippen LogP contribution < -0.4 is 16.0 Å². The van der Waals surface area contributed by atoms with Gasteiger partial charge in [0.1, 0.15) is 67.6 Å². The average Bonchev–Trinajstić information content (AvgIpc) is 3.38. The molecule has 5 unspecified atom stereocenters. The van der Waals surface area contributed by atoms with Gasteiger partial charge in [-0.25, -0.2) is 9.13 Å². The molecule has 3 fully saturated rings. The summed E-state index contributed by atoms with van der Waals surface area (Å²) in [6, 6.07) is -4.18. The van der Waals surface area contributed by atoms with E-state index in [0.29, 0.717) is 0 Å². The minimum absolute atomic E-state index is 0.00486. The predicted molar refractivity (Wildman–Crippen MR) is 278 cm³/mol. The minimum atomic E-state index is -4.97. The molecule has 3 aliphatic heterocycles. The number of aliphatic hydroxyl groups excluding tert-OH is 6. The highest BCUT2D eigenvalue weighted by molar-refractivity contribution is 7.47. The number of aliphatic hydroxyl groups is 7. The fraction of sp³-hybridized carbons (Fsp3) is 0.915. The van der Waals surface area contributed by atoms with Gasteiger partial charge in [0.2, 0.25) is 17.7 Å². The molecule has 0 aromatic heterocycles. The summed E-state index contributed by atoms with van der Waals surface area (Å²) in [7, 11) is -8.60. The van der Waals surface area contributed by atoms with Crippen molar-refractivity contribution in [2.75, 3.05) is 126 Å². The SMILES string of the molecule is CCC(CC)(CC(COP(=O)(O)OC)NC(=O)COCCOCCOCCO[C@@H]1O[C@H](CO)[C@H](O)[C@H](O)[C@H]1NC(C)=O)OP(=O)(O)OCC1CC(O)(CC)N1C(=O)COCCOCCOCCO[C@@H]1O[C@H](CO)[C@H](O)[C@H](O)[C@H]1NC(C)=O. The van der Waals surface area contributed by atoms with E-state index in [1.54, 1.807) is 20.8 Å². The number of likely N-dealkylation sites (tertiary alicyclic amines) is 1. The molecule has 0 spiro atoms. The Balaban J connectivity index is 1.39. The van der Waals surface area contributed by atoms with Crippen molar-refractivity contribution in [2.45, 2.75) is 151 Å². The lowest BCUT2D eigenvalue weighted by molar-refractivity contribution is -0.272. The van der Waals surface area contributed by atoms with Crippen molar-refractivity contribution in [3.8, 4) is 0 Å². The molecule has 3 heterocycles. The van der Waals surface area contributed by atoms with E-state index in [1.807, 2.05) is 0 Å². The molecule has 0 bridgehead atoms. The van der Waals surface area contributed by atoms with E-state index in [0.717, 1.165) is 12.0 Å². The fourth-order valence-electron chi connectivity index (χ4n) is 8.89. The van der Waals surface area contributed by atoms with Gasteiger partial charge in [-0.2, -0.15) is 0 Å². The standard InChI is InChI=1S/C47H88N4O29P2/c1-7-46(8-2,22-32(26-76-81(63,64)67-6)50-36(56)28-72-16-14-68-10-12-70-18-20-74-44-38(48-30(4)54)42(60)40(58)34(24-52)78-44)80-82(65,66)77-27-33-23-47(62,9-3)51(33)37(57)29-73-17-15-69-11-13-71-19-21-75-45-39(49-31(5)55)43(61)41(59)35(25-53)79-45/h32-35,38-45,52-53,58-62H,7-29H2,1-6H3,(H,48,54)(H,49,55)(H,50,56)(H,63,64)(H,65,66)/t32?,33?,34-,35-,38-,39-,40+,41+,42-,43-,44-,45-,47?/m1/s1. The third kappa shape index (κ3) is 24.7.